The number of hydrogen-bond acceptors (Lipinski definition) is 7. The van der Waals surface area contributed by atoms with Crippen LogP contribution in [-0.2, 0) is 16.0 Å². The molecule has 1 N–H and O–H groups in total. The fourth-order valence-electron chi connectivity index (χ4n) is 3.86. The van der Waals surface area contributed by atoms with Gasteiger partial charge in [-0.05, 0) is 86.0 Å². The lowest BCUT2D eigenvalue weighted by Crippen LogP contribution is -2.37. The molecule has 0 saturated heterocycles. The molecule has 0 heterocycles. The first-order valence-corrected chi connectivity index (χ1v) is 13.4. The molecule has 0 bridgehead atoms. The van der Waals surface area contributed by atoms with Crippen molar-refractivity contribution in [1.82, 2.24) is 4.90 Å². The summed E-state index contributed by atoms with van der Waals surface area (Å²) in [6.07, 6.45) is 0.157. The summed E-state index contributed by atoms with van der Waals surface area (Å²) in [5.74, 6) is 0.888. The van der Waals surface area contributed by atoms with E-state index in [1.807, 2.05) is 0 Å². The minimum absolute atomic E-state index is 0.222. The lowest BCUT2D eigenvalue weighted by atomic mass is 10.1. The topological polar surface area (TPSA) is 104 Å². The summed E-state index contributed by atoms with van der Waals surface area (Å²) in [7, 11) is 1.56. The summed E-state index contributed by atoms with van der Waals surface area (Å²) in [6, 6.07) is 19.7. The Bertz CT molecular complexity index is 1200. The molecule has 0 spiro atoms. The summed E-state index contributed by atoms with van der Waals surface area (Å²) in [4.78, 5) is 25.9. The summed E-state index contributed by atoms with van der Waals surface area (Å²) >= 11 is 0. The number of ether oxygens (including phenoxy) is 5. The lowest BCUT2D eigenvalue weighted by Gasteiger charge is -2.22. The van der Waals surface area contributed by atoms with Crippen LogP contribution in [0.3, 0.4) is 0 Å². The molecule has 0 aromatic heterocycles. The van der Waals surface area contributed by atoms with Crippen molar-refractivity contribution < 1.29 is 42.8 Å². The van der Waals surface area contributed by atoms with Crippen molar-refractivity contribution in [3.63, 3.8) is 0 Å². The molecule has 3 rings (SSSR count). The summed E-state index contributed by atoms with van der Waals surface area (Å²) in [6.45, 7) is 3.41. The van der Waals surface area contributed by atoms with Crippen molar-refractivity contribution >= 4 is 12.1 Å². The Labute approximate surface area is 239 Å². The quantitative estimate of drug-likeness (QED) is 0.210. The zero-order chi connectivity index (χ0) is 29.5. The first-order chi connectivity index (χ1) is 19.9. The van der Waals surface area contributed by atoms with Gasteiger partial charge >= 0.3 is 12.1 Å². The number of benzene rings is 3. The number of carboxylic acid groups (broad SMARTS) is 1. The summed E-state index contributed by atoms with van der Waals surface area (Å²) in [5.41, 5.74) is 0.811. The summed E-state index contributed by atoms with van der Waals surface area (Å²) < 4.78 is 40.5. The van der Waals surface area contributed by atoms with Crippen LogP contribution in [0.4, 0.5) is 9.18 Å². The van der Waals surface area contributed by atoms with Crippen LogP contribution in [0.25, 0.3) is 0 Å². The van der Waals surface area contributed by atoms with Crippen molar-refractivity contribution in [2.75, 3.05) is 40.0 Å². The number of aliphatic carboxylic acids is 1. The number of halogens is 1. The number of nitrogens with zero attached hydrogens (tertiary/aromatic N) is 1. The van der Waals surface area contributed by atoms with E-state index in [0.717, 1.165) is 5.56 Å². The number of carboxylic acids is 1. The van der Waals surface area contributed by atoms with E-state index >= 15 is 0 Å². The summed E-state index contributed by atoms with van der Waals surface area (Å²) in [5, 5.41) is 9.29. The predicted octanol–water partition coefficient (Wildman–Crippen LogP) is 5.61. The zero-order valence-corrected chi connectivity index (χ0v) is 23.3. The van der Waals surface area contributed by atoms with Gasteiger partial charge in [-0.15, -0.1) is 0 Å². The van der Waals surface area contributed by atoms with Gasteiger partial charge in [-0.2, -0.15) is 0 Å². The smallest absolute Gasteiger partial charge is 0.415 e. The second-order valence-corrected chi connectivity index (χ2v) is 9.02. The Morgan fingerprint density at radius 1 is 0.805 bits per heavy atom. The molecule has 1 amide bonds. The van der Waals surface area contributed by atoms with Crippen LogP contribution >= 0.6 is 0 Å². The zero-order valence-electron chi connectivity index (χ0n) is 23.3. The van der Waals surface area contributed by atoms with E-state index in [0.29, 0.717) is 55.6 Å². The van der Waals surface area contributed by atoms with E-state index in [1.54, 1.807) is 79.6 Å². The van der Waals surface area contributed by atoms with E-state index in [1.165, 1.54) is 12.1 Å². The average molecular weight is 570 g/mol. The molecule has 1 atom stereocenters. The highest BCUT2D eigenvalue weighted by Gasteiger charge is 2.18. The van der Waals surface area contributed by atoms with Crippen molar-refractivity contribution in [3.05, 3.63) is 84.2 Å². The van der Waals surface area contributed by atoms with Gasteiger partial charge in [-0.3, -0.25) is 0 Å². The number of carbonyl (C=O) groups is 2. The third-order valence-corrected chi connectivity index (χ3v) is 6.05. The van der Waals surface area contributed by atoms with Crippen LogP contribution in [0, 0.1) is 5.82 Å². The Hall–Kier alpha value is -4.31. The fraction of sp³-hybridized carbons (Fsp3) is 0.355. The predicted molar refractivity (Wildman–Crippen MR) is 150 cm³/mol. The highest BCUT2D eigenvalue weighted by Crippen LogP contribution is 2.19. The second-order valence-electron chi connectivity index (χ2n) is 9.02. The largest absolute Gasteiger partial charge is 0.497 e. The molecule has 1 unspecified atom stereocenters. The highest BCUT2D eigenvalue weighted by atomic mass is 19.1. The van der Waals surface area contributed by atoms with Crippen molar-refractivity contribution in [1.29, 1.82) is 0 Å². The van der Waals surface area contributed by atoms with Crippen molar-refractivity contribution in [2.45, 2.75) is 32.3 Å². The fourth-order valence-corrected chi connectivity index (χ4v) is 3.86. The molecule has 0 aliphatic heterocycles. The molecule has 10 heteroatoms. The van der Waals surface area contributed by atoms with E-state index < -0.39 is 18.2 Å². The maximum atomic E-state index is 13.1. The van der Waals surface area contributed by atoms with Gasteiger partial charge in [0.25, 0.3) is 0 Å². The first kappa shape index (κ1) is 31.2. The number of carbonyl (C=O) groups excluding carboxylic acids is 1. The van der Waals surface area contributed by atoms with Crippen LogP contribution in [0.15, 0.2) is 72.8 Å². The molecule has 0 fully saturated rings. The number of hydrogen-bond donors (Lipinski definition) is 1. The number of unbranched alkanes of at least 4 members (excludes halogenated alkanes) is 1. The van der Waals surface area contributed by atoms with Gasteiger partial charge in [0, 0.05) is 19.6 Å². The third kappa shape index (κ3) is 11.0. The van der Waals surface area contributed by atoms with Gasteiger partial charge in [0.05, 0.1) is 20.3 Å². The van der Waals surface area contributed by atoms with Gasteiger partial charge in [-0.25, -0.2) is 14.0 Å². The molecule has 41 heavy (non-hydrogen) atoms. The number of rotatable bonds is 17. The number of methoxy groups -OCH3 is 1. The Kier molecular flexibility index (Phi) is 12.7. The molecule has 9 nitrogen and oxygen atoms in total. The van der Waals surface area contributed by atoms with Gasteiger partial charge in [0.1, 0.15) is 35.4 Å². The van der Waals surface area contributed by atoms with Gasteiger partial charge < -0.3 is 33.7 Å². The minimum Gasteiger partial charge on any atom is -0.497 e. The first-order valence-electron chi connectivity index (χ1n) is 13.4. The molecule has 0 saturated carbocycles. The van der Waals surface area contributed by atoms with E-state index in [4.69, 9.17) is 23.7 Å². The molecular formula is C31H36FNO8. The van der Waals surface area contributed by atoms with E-state index in [9.17, 15) is 19.1 Å². The molecular weight excluding hydrogens is 533 g/mol. The van der Waals surface area contributed by atoms with E-state index in [2.05, 4.69) is 0 Å². The average Bonchev–Trinajstić information content (AvgIpc) is 2.98. The standard InChI is InChI=1S/C31H36FNO8/c1-3-38-29(30(34)35)22-23-6-10-26(11-7-23)40-21-19-33(31(36)41-28-16-14-25(37-2)15-17-28)18-4-5-20-39-27-12-8-24(32)9-13-27/h6-17,29H,3-5,18-22H2,1-2H3,(H,34,35). The van der Waals surface area contributed by atoms with Crippen molar-refractivity contribution in [3.8, 4) is 23.0 Å². The lowest BCUT2D eigenvalue weighted by molar-refractivity contribution is -0.149. The van der Waals surface area contributed by atoms with Gasteiger partial charge in [-0.1, -0.05) is 12.1 Å². The molecule has 220 valence electrons. The van der Waals surface area contributed by atoms with Gasteiger partial charge in [0.15, 0.2) is 6.10 Å². The molecule has 0 radical (unpaired) electrons. The Balaban J connectivity index is 1.52. The normalized spacial score (nSPS) is 11.4. The molecule has 3 aromatic rings. The van der Waals surface area contributed by atoms with Crippen LogP contribution < -0.4 is 18.9 Å². The maximum Gasteiger partial charge on any atom is 0.415 e. The highest BCUT2D eigenvalue weighted by molar-refractivity contribution is 5.72. The van der Waals surface area contributed by atoms with Gasteiger partial charge in [0.2, 0.25) is 0 Å². The monoisotopic (exact) mass is 569 g/mol. The SMILES string of the molecule is CCOC(Cc1ccc(OCCN(CCCCOc2ccc(F)cc2)C(=O)Oc2ccc(OC)cc2)cc1)C(=O)O. The Morgan fingerprint density at radius 2 is 1.39 bits per heavy atom. The van der Waals surface area contributed by atoms with E-state index in [-0.39, 0.29) is 25.4 Å². The van der Waals surface area contributed by atoms with Crippen LogP contribution in [-0.4, -0.2) is 68.2 Å². The maximum absolute atomic E-state index is 13.1. The van der Waals surface area contributed by atoms with Crippen LogP contribution in [0.5, 0.6) is 23.0 Å². The van der Waals surface area contributed by atoms with Crippen molar-refractivity contribution in [2.24, 2.45) is 0 Å². The third-order valence-electron chi connectivity index (χ3n) is 6.05. The Morgan fingerprint density at radius 3 is 2.00 bits per heavy atom. The van der Waals surface area contributed by atoms with Crippen LogP contribution in [0.1, 0.15) is 25.3 Å². The minimum atomic E-state index is -1.00. The number of amides is 1. The molecule has 0 aliphatic rings. The molecule has 3 aromatic carbocycles. The second kappa shape index (κ2) is 16.7. The van der Waals surface area contributed by atoms with Crippen LogP contribution in [0.2, 0.25) is 0 Å². The molecule has 0 aliphatic carbocycles.